The summed E-state index contributed by atoms with van der Waals surface area (Å²) in [5.74, 6) is 0. The van der Waals surface area contributed by atoms with Crippen molar-refractivity contribution in [3.63, 3.8) is 0 Å². The molecule has 0 spiro atoms. The van der Waals surface area contributed by atoms with Gasteiger partial charge in [-0.25, -0.2) is 0 Å². The van der Waals surface area contributed by atoms with Gasteiger partial charge in [0.25, 0.3) is 0 Å². The number of benzene rings is 1. The molecule has 94 valence electrons. The topological polar surface area (TPSA) is 38.7 Å². The fourth-order valence-corrected chi connectivity index (χ4v) is 2.51. The van der Waals surface area contributed by atoms with Crippen molar-refractivity contribution in [2.24, 2.45) is 0 Å². The predicted octanol–water partition coefficient (Wildman–Crippen LogP) is 3.85. The molecule has 0 unspecified atom stereocenters. The van der Waals surface area contributed by atoms with E-state index in [1.165, 1.54) is 0 Å². The number of hydrogen-bond acceptors (Lipinski definition) is 3. The van der Waals surface area contributed by atoms with E-state index in [9.17, 15) is 0 Å². The van der Waals surface area contributed by atoms with Gasteiger partial charge in [-0.3, -0.25) is 15.0 Å². The summed E-state index contributed by atoms with van der Waals surface area (Å²) in [6.45, 7) is 0. The molecule has 0 radical (unpaired) electrons. The fraction of sp³-hybridized carbons (Fsp3) is 0. The second-order valence-electron chi connectivity index (χ2n) is 4.61. The van der Waals surface area contributed by atoms with Crippen molar-refractivity contribution in [1.29, 1.82) is 0 Å². The first-order valence-electron chi connectivity index (χ1n) is 6.47. The van der Waals surface area contributed by atoms with E-state index in [0.717, 1.165) is 33.1 Å². The first-order chi connectivity index (χ1) is 9.93. The predicted molar refractivity (Wildman–Crippen MR) is 80.3 cm³/mol. The maximum Gasteiger partial charge on any atom is 0.0817 e. The third kappa shape index (κ3) is 1.64. The number of nitrogens with zero attached hydrogens (tertiary/aromatic N) is 3. The molecule has 3 heteroatoms. The van der Waals surface area contributed by atoms with Crippen LogP contribution in [0, 0.1) is 0 Å². The van der Waals surface area contributed by atoms with Crippen LogP contribution in [0.25, 0.3) is 33.1 Å². The Morgan fingerprint density at radius 1 is 0.650 bits per heavy atom. The molecule has 0 amide bonds. The van der Waals surface area contributed by atoms with Gasteiger partial charge >= 0.3 is 0 Å². The van der Waals surface area contributed by atoms with Crippen molar-refractivity contribution >= 4 is 21.8 Å². The molecule has 4 aromatic rings. The van der Waals surface area contributed by atoms with Crippen LogP contribution in [0.4, 0.5) is 0 Å². The molecule has 1 aromatic carbocycles. The van der Waals surface area contributed by atoms with Crippen LogP contribution in [0.5, 0.6) is 0 Å². The smallest absolute Gasteiger partial charge is 0.0817 e. The van der Waals surface area contributed by atoms with Crippen LogP contribution in [-0.4, -0.2) is 15.0 Å². The van der Waals surface area contributed by atoms with Crippen LogP contribution < -0.4 is 0 Å². The summed E-state index contributed by atoms with van der Waals surface area (Å²) in [6, 6.07) is 16.1. The van der Waals surface area contributed by atoms with E-state index < -0.39 is 0 Å². The zero-order valence-electron chi connectivity index (χ0n) is 10.7. The summed E-state index contributed by atoms with van der Waals surface area (Å²) in [5, 5.41) is 2.17. The lowest BCUT2D eigenvalue weighted by Crippen LogP contribution is -1.90. The number of para-hydroxylation sites is 1. The molecule has 4 rings (SSSR count). The zero-order valence-corrected chi connectivity index (χ0v) is 10.7. The molecule has 0 N–H and O–H groups in total. The summed E-state index contributed by atoms with van der Waals surface area (Å²) in [6.07, 6.45) is 5.41. The summed E-state index contributed by atoms with van der Waals surface area (Å²) < 4.78 is 0. The highest BCUT2D eigenvalue weighted by atomic mass is 14.7. The highest BCUT2D eigenvalue weighted by molar-refractivity contribution is 6.01. The van der Waals surface area contributed by atoms with E-state index in [-0.39, 0.29) is 0 Å². The van der Waals surface area contributed by atoms with E-state index in [4.69, 9.17) is 0 Å². The van der Waals surface area contributed by atoms with E-state index in [1.807, 2.05) is 36.5 Å². The van der Waals surface area contributed by atoms with Crippen molar-refractivity contribution in [3.8, 4) is 11.3 Å². The minimum absolute atomic E-state index is 0.930. The molecule has 3 aromatic heterocycles. The molecule has 0 saturated heterocycles. The van der Waals surface area contributed by atoms with Crippen LogP contribution in [-0.2, 0) is 0 Å². The summed E-state index contributed by atoms with van der Waals surface area (Å²) >= 11 is 0. The number of pyridine rings is 3. The molecule has 0 bridgehead atoms. The lowest BCUT2D eigenvalue weighted by Gasteiger charge is -2.07. The fourth-order valence-electron chi connectivity index (χ4n) is 2.51. The van der Waals surface area contributed by atoms with Gasteiger partial charge < -0.3 is 0 Å². The lowest BCUT2D eigenvalue weighted by molar-refractivity contribution is 1.32. The van der Waals surface area contributed by atoms with Gasteiger partial charge in [-0.2, -0.15) is 0 Å². The molecule has 0 atom stereocenters. The Bertz CT molecular complexity index is 828. The van der Waals surface area contributed by atoms with Gasteiger partial charge in [-0.05, 0) is 24.3 Å². The minimum atomic E-state index is 0.930. The largest absolute Gasteiger partial charge is 0.256 e. The van der Waals surface area contributed by atoms with Gasteiger partial charge in [0, 0.05) is 34.9 Å². The summed E-state index contributed by atoms with van der Waals surface area (Å²) in [4.78, 5) is 13.4. The molecule has 3 heterocycles. The van der Waals surface area contributed by atoms with E-state index in [0.29, 0.717) is 0 Å². The van der Waals surface area contributed by atoms with Crippen LogP contribution in [0.1, 0.15) is 0 Å². The van der Waals surface area contributed by atoms with Crippen molar-refractivity contribution in [1.82, 2.24) is 15.0 Å². The Morgan fingerprint density at radius 3 is 2.50 bits per heavy atom. The van der Waals surface area contributed by atoms with E-state index >= 15 is 0 Å². The monoisotopic (exact) mass is 257 g/mol. The lowest BCUT2D eigenvalue weighted by atomic mass is 10.0. The maximum atomic E-state index is 4.55. The quantitative estimate of drug-likeness (QED) is 0.520. The van der Waals surface area contributed by atoms with Gasteiger partial charge in [-0.15, -0.1) is 0 Å². The van der Waals surface area contributed by atoms with Gasteiger partial charge in [-0.1, -0.05) is 24.3 Å². The molecule has 0 fully saturated rings. The Labute approximate surface area is 116 Å². The average molecular weight is 257 g/mol. The van der Waals surface area contributed by atoms with Crippen LogP contribution in [0.2, 0.25) is 0 Å². The van der Waals surface area contributed by atoms with Gasteiger partial charge in [0.15, 0.2) is 0 Å². The minimum Gasteiger partial charge on any atom is -0.256 e. The van der Waals surface area contributed by atoms with E-state index in [2.05, 4.69) is 33.2 Å². The first-order valence-corrected chi connectivity index (χ1v) is 6.47. The number of fused-ring (bicyclic) bond motifs is 2. The van der Waals surface area contributed by atoms with Crippen molar-refractivity contribution < 1.29 is 0 Å². The zero-order chi connectivity index (χ0) is 13.4. The van der Waals surface area contributed by atoms with Gasteiger partial charge in [0.1, 0.15) is 0 Å². The SMILES string of the molecule is c1cnc2c(-c3nccc4ncccc34)cccc2c1. The Hall–Kier alpha value is -2.81. The number of hydrogen-bond donors (Lipinski definition) is 0. The second kappa shape index (κ2) is 4.38. The molecule has 20 heavy (non-hydrogen) atoms. The van der Waals surface area contributed by atoms with Crippen molar-refractivity contribution in [2.75, 3.05) is 0 Å². The van der Waals surface area contributed by atoms with Crippen LogP contribution >= 0.6 is 0 Å². The highest BCUT2D eigenvalue weighted by Crippen LogP contribution is 2.30. The average Bonchev–Trinajstić information content (AvgIpc) is 2.54. The van der Waals surface area contributed by atoms with E-state index in [1.54, 1.807) is 12.4 Å². The molecular formula is C17H11N3. The third-order valence-electron chi connectivity index (χ3n) is 3.42. The second-order valence-corrected chi connectivity index (χ2v) is 4.61. The van der Waals surface area contributed by atoms with Crippen molar-refractivity contribution in [2.45, 2.75) is 0 Å². The molecular weight excluding hydrogens is 246 g/mol. The van der Waals surface area contributed by atoms with Gasteiger partial charge in [0.2, 0.25) is 0 Å². The standard InChI is InChI=1S/C17H11N3/c1-4-12-5-2-10-19-16(12)14(6-1)17-13-7-3-9-18-15(13)8-11-20-17/h1-11H. The maximum absolute atomic E-state index is 4.55. The first kappa shape index (κ1) is 11.1. The normalized spacial score (nSPS) is 11.0. The van der Waals surface area contributed by atoms with Crippen LogP contribution in [0.15, 0.2) is 67.1 Å². The summed E-state index contributed by atoms with van der Waals surface area (Å²) in [7, 11) is 0. The van der Waals surface area contributed by atoms with Crippen molar-refractivity contribution in [3.05, 3.63) is 67.1 Å². The molecule has 0 aliphatic heterocycles. The van der Waals surface area contributed by atoms with Crippen LogP contribution in [0.3, 0.4) is 0 Å². The van der Waals surface area contributed by atoms with Gasteiger partial charge in [0.05, 0.1) is 16.7 Å². The third-order valence-corrected chi connectivity index (χ3v) is 3.42. The molecule has 3 nitrogen and oxygen atoms in total. The number of aromatic nitrogens is 3. The Morgan fingerprint density at radius 2 is 1.50 bits per heavy atom. The Kier molecular flexibility index (Phi) is 2.42. The molecule has 0 aliphatic carbocycles. The highest BCUT2D eigenvalue weighted by Gasteiger charge is 2.09. The molecule has 0 saturated carbocycles. The Balaban J connectivity index is 2.12. The molecule has 0 aliphatic rings. The summed E-state index contributed by atoms with van der Waals surface area (Å²) in [5.41, 5.74) is 3.89. The number of rotatable bonds is 1.